The van der Waals surface area contributed by atoms with E-state index in [9.17, 15) is 4.39 Å². The molecule has 1 saturated carbocycles. The molecule has 188 valence electrons. The fourth-order valence-electron chi connectivity index (χ4n) is 5.32. The maximum absolute atomic E-state index is 13.9. The van der Waals surface area contributed by atoms with Crippen LogP contribution in [0.25, 0.3) is 5.69 Å². The third-order valence-corrected chi connectivity index (χ3v) is 7.69. The molecule has 37 heavy (non-hydrogen) atoms. The third kappa shape index (κ3) is 4.69. The highest BCUT2D eigenvalue weighted by atomic mass is 35.5. The van der Waals surface area contributed by atoms with Gasteiger partial charge in [-0.25, -0.2) is 4.39 Å². The number of rotatable bonds is 6. The van der Waals surface area contributed by atoms with Crippen molar-refractivity contribution in [1.29, 1.82) is 0 Å². The molecule has 0 bridgehead atoms. The molecule has 4 aromatic rings. The van der Waals surface area contributed by atoms with Crippen LogP contribution in [0.1, 0.15) is 49.2 Å². The van der Waals surface area contributed by atoms with E-state index in [0.29, 0.717) is 11.2 Å². The van der Waals surface area contributed by atoms with Gasteiger partial charge in [-0.15, -0.1) is 0 Å². The molecular formula is C29H26ClFN4OS. The Hall–Kier alpha value is -3.42. The molecule has 1 N–H and O–H groups in total. The molecule has 0 amide bonds. The average Bonchev–Trinajstić information content (AvgIpc) is 3.67. The van der Waals surface area contributed by atoms with Crippen molar-refractivity contribution in [2.45, 2.75) is 43.9 Å². The van der Waals surface area contributed by atoms with Crippen molar-refractivity contribution in [3.63, 3.8) is 0 Å². The van der Waals surface area contributed by atoms with Crippen molar-refractivity contribution in [1.82, 2.24) is 14.9 Å². The van der Waals surface area contributed by atoms with Crippen LogP contribution < -0.4 is 15.0 Å². The van der Waals surface area contributed by atoms with Crippen molar-refractivity contribution in [2.24, 2.45) is 0 Å². The van der Waals surface area contributed by atoms with Crippen LogP contribution in [-0.4, -0.2) is 20.8 Å². The number of aromatic nitrogens is 2. The lowest BCUT2D eigenvalue weighted by molar-refractivity contribution is 0.210. The normalized spacial score (nSPS) is 19.8. The van der Waals surface area contributed by atoms with E-state index in [1.165, 1.54) is 18.9 Å². The van der Waals surface area contributed by atoms with Gasteiger partial charge in [-0.1, -0.05) is 17.7 Å². The summed E-state index contributed by atoms with van der Waals surface area (Å²) in [5.41, 5.74) is 3.56. The highest BCUT2D eigenvalue weighted by Gasteiger charge is 2.42. The van der Waals surface area contributed by atoms with E-state index >= 15 is 0 Å². The van der Waals surface area contributed by atoms with Gasteiger partial charge in [-0.3, -0.25) is 4.98 Å². The summed E-state index contributed by atoms with van der Waals surface area (Å²) in [6, 6.07) is 22.3. The molecule has 1 aliphatic heterocycles. The van der Waals surface area contributed by atoms with Gasteiger partial charge in [0.05, 0.1) is 22.9 Å². The van der Waals surface area contributed by atoms with Crippen molar-refractivity contribution in [3.05, 3.63) is 107 Å². The maximum Gasteiger partial charge on any atom is 0.174 e. The monoisotopic (exact) mass is 532 g/mol. The van der Waals surface area contributed by atoms with Crippen LogP contribution in [-0.2, 0) is 0 Å². The molecule has 8 heteroatoms. The summed E-state index contributed by atoms with van der Waals surface area (Å²) < 4.78 is 22.1. The summed E-state index contributed by atoms with van der Waals surface area (Å²) in [5, 5.41) is 4.18. The molecular weight excluding hydrogens is 507 g/mol. The molecule has 2 fully saturated rings. The van der Waals surface area contributed by atoms with Crippen LogP contribution in [0.3, 0.4) is 0 Å². The van der Waals surface area contributed by atoms with Gasteiger partial charge >= 0.3 is 0 Å². The Morgan fingerprint density at radius 2 is 1.76 bits per heavy atom. The number of ether oxygens (including phenoxy) is 1. The van der Waals surface area contributed by atoms with Crippen LogP contribution in [0.15, 0.2) is 85.2 Å². The van der Waals surface area contributed by atoms with E-state index in [2.05, 4.69) is 21.3 Å². The number of nitrogens with one attached hydrogen (secondary N) is 1. The fraction of sp³-hybridized carbons (Fsp3) is 0.241. The highest BCUT2D eigenvalue weighted by molar-refractivity contribution is 7.80. The average molecular weight is 533 g/mol. The summed E-state index contributed by atoms with van der Waals surface area (Å²) >= 11 is 12.0. The number of nitrogens with zero attached hydrogens (tertiary/aromatic N) is 3. The minimum atomic E-state index is -0.448. The van der Waals surface area contributed by atoms with Crippen LogP contribution in [0, 0.1) is 5.82 Å². The Kier molecular flexibility index (Phi) is 6.57. The minimum absolute atomic E-state index is 0.0770. The van der Waals surface area contributed by atoms with Crippen LogP contribution in [0.2, 0.25) is 5.02 Å². The van der Waals surface area contributed by atoms with E-state index in [0.717, 1.165) is 41.4 Å². The van der Waals surface area contributed by atoms with E-state index in [-0.39, 0.29) is 17.1 Å². The first-order chi connectivity index (χ1) is 18.1. The molecule has 0 spiro atoms. The highest BCUT2D eigenvalue weighted by Crippen LogP contribution is 2.42. The van der Waals surface area contributed by atoms with Crippen LogP contribution in [0.5, 0.6) is 5.75 Å². The van der Waals surface area contributed by atoms with E-state index in [4.69, 9.17) is 28.6 Å². The molecule has 2 atom stereocenters. The molecule has 2 aromatic heterocycles. The first-order valence-corrected chi connectivity index (χ1v) is 13.3. The number of hydrogen-bond acceptors (Lipinski definition) is 3. The zero-order valence-corrected chi connectivity index (χ0v) is 21.6. The Labute approximate surface area is 225 Å². The van der Waals surface area contributed by atoms with Crippen LogP contribution in [0.4, 0.5) is 10.1 Å². The van der Waals surface area contributed by atoms with Gasteiger partial charge in [-0.05, 0) is 105 Å². The number of pyridine rings is 1. The summed E-state index contributed by atoms with van der Waals surface area (Å²) in [7, 11) is 0. The molecule has 0 radical (unpaired) electrons. The molecule has 0 unspecified atom stereocenters. The largest absolute Gasteiger partial charge is 0.490 e. The van der Waals surface area contributed by atoms with E-state index in [1.807, 2.05) is 59.3 Å². The number of anilines is 1. The first kappa shape index (κ1) is 23.9. The Balaban J connectivity index is 1.40. The topological polar surface area (TPSA) is 42.3 Å². The quantitative estimate of drug-likeness (QED) is 0.267. The number of benzene rings is 2. The molecule has 1 saturated heterocycles. The lowest BCUT2D eigenvalue weighted by Crippen LogP contribution is -2.30. The molecule has 3 heterocycles. The lowest BCUT2D eigenvalue weighted by Gasteiger charge is -2.29. The first-order valence-electron chi connectivity index (χ1n) is 12.5. The fourth-order valence-corrected chi connectivity index (χ4v) is 5.84. The standard InChI is InChI=1S/C29H26ClFN4OS/c30-23-18-20(12-15-24(23)31)34-17-5-9-26(34)28-27(25-8-3-4-16-32-25)33-29(37)35(28)19-10-13-22(14-11-19)36-21-6-1-2-7-21/h3-5,8-18,21,27-28H,1-2,6-7H2,(H,33,37)/t27-,28+/m1/s1. The van der Waals surface area contributed by atoms with Gasteiger partial charge in [0.15, 0.2) is 5.11 Å². The van der Waals surface area contributed by atoms with Gasteiger partial charge in [0, 0.05) is 29.5 Å². The molecule has 2 aromatic carbocycles. The maximum atomic E-state index is 13.9. The zero-order valence-electron chi connectivity index (χ0n) is 20.1. The van der Waals surface area contributed by atoms with Crippen molar-refractivity contribution in [2.75, 3.05) is 4.90 Å². The summed E-state index contributed by atoms with van der Waals surface area (Å²) in [4.78, 5) is 6.75. The minimum Gasteiger partial charge on any atom is -0.490 e. The Morgan fingerprint density at radius 3 is 2.49 bits per heavy atom. The smallest absolute Gasteiger partial charge is 0.174 e. The summed E-state index contributed by atoms with van der Waals surface area (Å²) in [6.45, 7) is 0. The van der Waals surface area contributed by atoms with E-state index in [1.54, 1.807) is 18.3 Å². The molecule has 5 nitrogen and oxygen atoms in total. The zero-order chi connectivity index (χ0) is 25.4. The summed E-state index contributed by atoms with van der Waals surface area (Å²) in [5.74, 6) is 0.423. The second-order valence-electron chi connectivity index (χ2n) is 9.42. The Morgan fingerprint density at radius 1 is 0.973 bits per heavy atom. The predicted octanol–water partition coefficient (Wildman–Crippen LogP) is 7.16. The summed E-state index contributed by atoms with van der Waals surface area (Å²) in [6.07, 6.45) is 8.71. The van der Waals surface area contributed by atoms with Gasteiger partial charge in [0.2, 0.25) is 0 Å². The van der Waals surface area contributed by atoms with Crippen LogP contribution >= 0.6 is 23.8 Å². The molecule has 6 rings (SSSR count). The second kappa shape index (κ2) is 10.1. The number of halogens is 2. The third-order valence-electron chi connectivity index (χ3n) is 7.08. The lowest BCUT2D eigenvalue weighted by atomic mass is 10.0. The van der Waals surface area contributed by atoms with Crippen molar-refractivity contribution in [3.8, 4) is 11.4 Å². The SMILES string of the molecule is Fc1ccc(-n2cccc2[C@H]2[C@@H](c3ccccn3)NC(=S)N2c2ccc(OC3CCCC3)cc2)cc1Cl. The molecule has 2 aliphatic rings. The van der Waals surface area contributed by atoms with Crippen molar-refractivity contribution < 1.29 is 9.13 Å². The van der Waals surface area contributed by atoms with Gasteiger partial charge in [-0.2, -0.15) is 0 Å². The van der Waals surface area contributed by atoms with Crippen molar-refractivity contribution >= 4 is 34.6 Å². The predicted molar refractivity (Wildman–Crippen MR) is 148 cm³/mol. The Bertz CT molecular complexity index is 1410. The number of thiocarbonyl (C=S) groups is 1. The second-order valence-corrected chi connectivity index (χ2v) is 10.2. The van der Waals surface area contributed by atoms with Gasteiger partial charge in [0.25, 0.3) is 0 Å². The number of hydrogen-bond donors (Lipinski definition) is 1. The van der Waals surface area contributed by atoms with Gasteiger partial charge < -0.3 is 19.5 Å². The molecule has 1 aliphatic carbocycles. The van der Waals surface area contributed by atoms with E-state index < -0.39 is 5.82 Å². The van der Waals surface area contributed by atoms with Gasteiger partial charge in [0.1, 0.15) is 17.6 Å².